The molecule has 1 rings (SSSR count). The van der Waals surface area contributed by atoms with Crippen molar-refractivity contribution in [2.24, 2.45) is 11.7 Å². The Hall–Kier alpha value is -0.0800. The molecule has 0 unspecified atom stereocenters. The number of nitrogens with zero attached hydrogens (tertiary/aromatic N) is 1. The van der Waals surface area contributed by atoms with Gasteiger partial charge in [-0.2, -0.15) is 0 Å². The normalized spacial score (nSPS) is 28.2. The van der Waals surface area contributed by atoms with Crippen LogP contribution in [0.5, 0.6) is 0 Å². The van der Waals surface area contributed by atoms with Crippen LogP contribution in [-0.2, 0) is 0 Å². The topological polar surface area (TPSA) is 29.3 Å². The van der Waals surface area contributed by atoms with Crippen LogP contribution in [0.25, 0.3) is 0 Å². The van der Waals surface area contributed by atoms with Crippen LogP contribution in [0.3, 0.4) is 0 Å². The third kappa shape index (κ3) is 1.70. The standard InChI is InChI=1S/C8H18N2/c1-7(2)10-4-3-8(5-9)6-10/h7-8H,3-6,9H2,1-2H3/t8-/m1/s1. The molecule has 2 N–H and O–H groups in total. The molecular weight excluding hydrogens is 124 g/mol. The average Bonchev–Trinajstić information content (AvgIpc) is 2.34. The summed E-state index contributed by atoms with van der Waals surface area (Å²) in [6, 6.07) is 0.705. The summed E-state index contributed by atoms with van der Waals surface area (Å²) in [6.07, 6.45) is 1.30. The number of hydrogen-bond donors (Lipinski definition) is 1. The van der Waals surface area contributed by atoms with Gasteiger partial charge in [0.05, 0.1) is 0 Å². The van der Waals surface area contributed by atoms with Crippen molar-refractivity contribution in [3.05, 3.63) is 0 Å². The van der Waals surface area contributed by atoms with Gasteiger partial charge in [0.15, 0.2) is 0 Å². The highest BCUT2D eigenvalue weighted by Crippen LogP contribution is 2.16. The maximum Gasteiger partial charge on any atom is 0.00387 e. The van der Waals surface area contributed by atoms with Crippen LogP contribution in [-0.4, -0.2) is 30.6 Å². The summed E-state index contributed by atoms with van der Waals surface area (Å²) >= 11 is 0. The van der Waals surface area contributed by atoms with Crippen molar-refractivity contribution in [2.45, 2.75) is 26.3 Å². The molecule has 0 aromatic rings. The summed E-state index contributed by atoms with van der Waals surface area (Å²) in [6.45, 7) is 7.83. The van der Waals surface area contributed by atoms with Crippen molar-refractivity contribution in [3.63, 3.8) is 0 Å². The molecular formula is C8H18N2. The first-order chi connectivity index (χ1) is 4.74. The zero-order chi connectivity index (χ0) is 7.56. The zero-order valence-corrected chi connectivity index (χ0v) is 7.01. The maximum atomic E-state index is 5.57. The lowest BCUT2D eigenvalue weighted by molar-refractivity contribution is 0.266. The Bertz CT molecular complexity index is 101. The molecule has 2 heteroatoms. The second kappa shape index (κ2) is 3.35. The molecule has 1 saturated heterocycles. The monoisotopic (exact) mass is 142 g/mol. The molecule has 60 valence electrons. The highest BCUT2D eigenvalue weighted by atomic mass is 15.2. The van der Waals surface area contributed by atoms with Crippen molar-refractivity contribution >= 4 is 0 Å². The first-order valence-electron chi connectivity index (χ1n) is 4.18. The molecule has 0 amide bonds. The molecule has 2 nitrogen and oxygen atoms in total. The van der Waals surface area contributed by atoms with Crippen LogP contribution >= 0.6 is 0 Å². The minimum absolute atomic E-state index is 0.705. The average molecular weight is 142 g/mol. The molecule has 0 saturated carbocycles. The minimum Gasteiger partial charge on any atom is -0.330 e. The summed E-state index contributed by atoms with van der Waals surface area (Å²) in [4.78, 5) is 2.50. The summed E-state index contributed by atoms with van der Waals surface area (Å²) in [7, 11) is 0. The van der Waals surface area contributed by atoms with Crippen LogP contribution in [0.1, 0.15) is 20.3 Å². The molecule has 0 radical (unpaired) electrons. The van der Waals surface area contributed by atoms with Crippen molar-refractivity contribution in [1.82, 2.24) is 4.90 Å². The van der Waals surface area contributed by atoms with Gasteiger partial charge in [-0.15, -0.1) is 0 Å². The van der Waals surface area contributed by atoms with E-state index in [-0.39, 0.29) is 0 Å². The highest BCUT2D eigenvalue weighted by Gasteiger charge is 2.22. The van der Waals surface area contributed by atoms with Crippen LogP contribution in [0.15, 0.2) is 0 Å². The third-order valence-electron chi connectivity index (χ3n) is 2.38. The fourth-order valence-electron chi connectivity index (χ4n) is 1.52. The largest absolute Gasteiger partial charge is 0.330 e. The molecule has 1 heterocycles. The van der Waals surface area contributed by atoms with Gasteiger partial charge in [0.2, 0.25) is 0 Å². The minimum atomic E-state index is 0.705. The number of hydrogen-bond acceptors (Lipinski definition) is 2. The third-order valence-corrected chi connectivity index (χ3v) is 2.38. The predicted molar refractivity (Wildman–Crippen MR) is 43.9 cm³/mol. The van der Waals surface area contributed by atoms with E-state index in [1.165, 1.54) is 19.5 Å². The van der Waals surface area contributed by atoms with E-state index in [4.69, 9.17) is 5.73 Å². The van der Waals surface area contributed by atoms with Gasteiger partial charge < -0.3 is 10.6 Å². The van der Waals surface area contributed by atoms with Crippen molar-refractivity contribution in [1.29, 1.82) is 0 Å². The fourth-order valence-corrected chi connectivity index (χ4v) is 1.52. The molecule has 1 aliphatic heterocycles. The summed E-state index contributed by atoms with van der Waals surface area (Å²) in [5, 5.41) is 0. The summed E-state index contributed by atoms with van der Waals surface area (Å²) in [5.74, 6) is 0.766. The SMILES string of the molecule is CC(C)N1CC[C@H](CN)C1. The van der Waals surface area contributed by atoms with Crippen LogP contribution in [0.4, 0.5) is 0 Å². The van der Waals surface area contributed by atoms with Gasteiger partial charge >= 0.3 is 0 Å². The molecule has 10 heavy (non-hydrogen) atoms. The van der Waals surface area contributed by atoms with E-state index in [2.05, 4.69) is 18.7 Å². The summed E-state index contributed by atoms with van der Waals surface area (Å²) < 4.78 is 0. The van der Waals surface area contributed by atoms with Crippen LogP contribution < -0.4 is 5.73 Å². The zero-order valence-electron chi connectivity index (χ0n) is 7.01. The quantitative estimate of drug-likeness (QED) is 0.614. The molecule has 1 fully saturated rings. The fraction of sp³-hybridized carbons (Fsp3) is 1.00. The van der Waals surface area contributed by atoms with E-state index in [9.17, 15) is 0 Å². The van der Waals surface area contributed by atoms with Gasteiger partial charge in [-0.05, 0) is 39.3 Å². The van der Waals surface area contributed by atoms with E-state index >= 15 is 0 Å². The van der Waals surface area contributed by atoms with E-state index in [0.717, 1.165) is 12.5 Å². The first kappa shape index (κ1) is 8.02. The maximum absolute atomic E-state index is 5.57. The van der Waals surface area contributed by atoms with E-state index in [1.807, 2.05) is 0 Å². The molecule has 1 aliphatic rings. The predicted octanol–water partition coefficient (Wildman–Crippen LogP) is 0.675. The second-order valence-electron chi connectivity index (χ2n) is 3.48. The molecule has 0 aromatic carbocycles. The Balaban J connectivity index is 2.28. The van der Waals surface area contributed by atoms with Crippen LogP contribution in [0.2, 0.25) is 0 Å². The van der Waals surface area contributed by atoms with Crippen molar-refractivity contribution in [3.8, 4) is 0 Å². The lowest BCUT2D eigenvalue weighted by Crippen LogP contribution is -2.29. The Morgan fingerprint density at radius 1 is 1.60 bits per heavy atom. The molecule has 0 bridgehead atoms. The molecule has 0 aliphatic carbocycles. The smallest absolute Gasteiger partial charge is 0.00387 e. The van der Waals surface area contributed by atoms with E-state index < -0.39 is 0 Å². The molecule has 0 spiro atoms. The first-order valence-corrected chi connectivity index (χ1v) is 4.18. The Labute approximate surface area is 63.4 Å². The summed E-state index contributed by atoms with van der Waals surface area (Å²) in [5.41, 5.74) is 5.57. The van der Waals surface area contributed by atoms with Crippen molar-refractivity contribution in [2.75, 3.05) is 19.6 Å². The van der Waals surface area contributed by atoms with E-state index in [1.54, 1.807) is 0 Å². The van der Waals surface area contributed by atoms with Gasteiger partial charge in [-0.3, -0.25) is 0 Å². The van der Waals surface area contributed by atoms with Crippen LogP contribution in [0, 0.1) is 5.92 Å². The molecule has 1 atom stereocenters. The lowest BCUT2D eigenvalue weighted by Gasteiger charge is -2.19. The number of nitrogens with two attached hydrogens (primary N) is 1. The second-order valence-corrected chi connectivity index (χ2v) is 3.48. The van der Waals surface area contributed by atoms with Gasteiger partial charge in [-0.1, -0.05) is 0 Å². The van der Waals surface area contributed by atoms with Gasteiger partial charge in [0, 0.05) is 12.6 Å². The van der Waals surface area contributed by atoms with Gasteiger partial charge in [-0.25, -0.2) is 0 Å². The van der Waals surface area contributed by atoms with Gasteiger partial charge in [0.25, 0.3) is 0 Å². The van der Waals surface area contributed by atoms with Gasteiger partial charge in [0.1, 0.15) is 0 Å². The Kier molecular flexibility index (Phi) is 2.69. The molecule has 0 aromatic heterocycles. The van der Waals surface area contributed by atoms with E-state index in [0.29, 0.717) is 6.04 Å². The highest BCUT2D eigenvalue weighted by molar-refractivity contribution is 4.77. The Morgan fingerprint density at radius 2 is 2.30 bits per heavy atom. The van der Waals surface area contributed by atoms with Crippen molar-refractivity contribution < 1.29 is 0 Å². The number of likely N-dealkylation sites (tertiary alicyclic amines) is 1. The number of rotatable bonds is 2. The Morgan fingerprint density at radius 3 is 2.60 bits per heavy atom. The lowest BCUT2D eigenvalue weighted by atomic mass is 10.1.